The zero-order valence-electron chi connectivity index (χ0n) is 9.94. The van der Waals surface area contributed by atoms with Crippen LogP contribution >= 0.6 is 11.6 Å². The molecule has 0 heterocycles. The summed E-state index contributed by atoms with van der Waals surface area (Å²) in [7, 11) is 0. The van der Waals surface area contributed by atoms with Crippen molar-refractivity contribution >= 4 is 11.6 Å². The molecule has 17 heavy (non-hydrogen) atoms. The summed E-state index contributed by atoms with van der Waals surface area (Å²) in [5, 5.41) is 11.0. The van der Waals surface area contributed by atoms with E-state index in [0.717, 1.165) is 22.3 Å². The predicted molar refractivity (Wildman–Crippen MR) is 71.4 cm³/mol. The van der Waals surface area contributed by atoms with Gasteiger partial charge in [0.1, 0.15) is 6.10 Å². The van der Waals surface area contributed by atoms with Gasteiger partial charge < -0.3 is 5.11 Å². The highest BCUT2D eigenvalue weighted by Crippen LogP contribution is 2.31. The van der Waals surface area contributed by atoms with E-state index in [9.17, 15) is 5.11 Å². The first-order valence-electron chi connectivity index (χ1n) is 5.60. The summed E-state index contributed by atoms with van der Waals surface area (Å²) in [5.41, 5.74) is 3.72. The summed E-state index contributed by atoms with van der Waals surface area (Å²) in [6.45, 7) is 3.93. The van der Waals surface area contributed by atoms with Crippen molar-refractivity contribution in [1.29, 1.82) is 0 Å². The van der Waals surface area contributed by atoms with Gasteiger partial charge in [-0.2, -0.15) is 0 Å². The van der Waals surface area contributed by atoms with Crippen molar-refractivity contribution in [1.82, 2.24) is 0 Å². The van der Waals surface area contributed by atoms with E-state index in [-0.39, 0.29) is 0 Å². The molecular weight excluding hydrogens is 232 g/mol. The fourth-order valence-corrected chi connectivity index (χ4v) is 2.17. The molecule has 1 atom stereocenters. The summed E-state index contributed by atoms with van der Waals surface area (Å²) < 4.78 is 0. The number of hydrogen-bond acceptors (Lipinski definition) is 1. The fourth-order valence-electron chi connectivity index (χ4n) is 1.94. The molecule has 2 heteroatoms. The molecule has 0 fully saturated rings. The first kappa shape index (κ1) is 12.2. The Kier molecular flexibility index (Phi) is 3.51. The van der Waals surface area contributed by atoms with E-state index in [1.54, 1.807) is 0 Å². The molecule has 0 spiro atoms. The SMILES string of the molecule is Cc1ccccc1C(O)c1cccc(C)c1Cl. The van der Waals surface area contributed by atoms with Crippen LogP contribution in [0, 0.1) is 13.8 Å². The van der Waals surface area contributed by atoms with Gasteiger partial charge in [-0.3, -0.25) is 0 Å². The maximum absolute atomic E-state index is 10.4. The van der Waals surface area contributed by atoms with Crippen LogP contribution in [0.5, 0.6) is 0 Å². The van der Waals surface area contributed by atoms with E-state index in [4.69, 9.17) is 11.6 Å². The molecule has 88 valence electrons. The molecule has 2 aromatic carbocycles. The summed E-state index contributed by atoms with van der Waals surface area (Å²) >= 11 is 6.23. The lowest BCUT2D eigenvalue weighted by Gasteiger charge is -2.16. The van der Waals surface area contributed by atoms with Crippen molar-refractivity contribution in [2.24, 2.45) is 0 Å². The average Bonchev–Trinajstić information content (AvgIpc) is 2.32. The molecule has 0 amide bonds. The number of aliphatic hydroxyl groups is 1. The molecule has 0 radical (unpaired) electrons. The molecule has 1 unspecified atom stereocenters. The summed E-state index contributed by atoms with van der Waals surface area (Å²) in [6, 6.07) is 13.5. The second kappa shape index (κ2) is 4.91. The Balaban J connectivity index is 2.48. The second-order valence-corrected chi connectivity index (χ2v) is 4.62. The molecule has 1 nitrogen and oxygen atoms in total. The number of aliphatic hydroxyl groups excluding tert-OH is 1. The van der Waals surface area contributed by atoms with E-state index in [0.29, 0.717) is 5.02 Å². The van der Waals surface area contributed by atoms with Crippen molar-refractivity contribution < 1.29 is 5.11 Å². The molecule has 0 aliphatic heterocycles. The third-order valence-electron chi connectivity index (χ3n) is 3.00. The molecule has 0 aliphatic rings. The van der Waals surface area contributed by atoms with Gasteiger partial charge in [-0.25, -0.2) is 0 Å². The third-order valence-corrected chi connectivity index (χ3v) is 3.52. The quantitative estimate of drug-likeness (QED) is 0.848. The van der Waals surface area contributed by atoms with Gasteiger partial charge in [-0.05, 0) is 30.5 Å². The van der Waals surface area contributed by atoms with Crippen LogP contribution in [0.3, 0.4) is 0 Å². The van der Waals surface area contributed by atoms with E-state index < -0.39 is 6.10 Å². The number of aryl methyl sites for hydroxylation is 2. The first-order valence-corrected chi connectivity index (χ1v) is 5.97. The van der Waals surface area contributed by atoms with Gasteiger partial charge in [0.2, 0.25) is 0 Å². The van der Waals surface area contributed by atoms with Crippen molar-refractivity contribution in [2.45, 2.75) is 20.0 Å². The second-order valence-electron chi connectivity index (χ2n) is 4.24. The fraction of sp³-hybridized carbons (Fsp3) is 0.200. The van der Waals surface area contributed by atoms with Gasteiger partial charge in [0, 0.05) is 10.6 Å². The maximum Gasteiger partial charge on any atom is 0.106 e. The zero-order chi connectivity index (χ0) is 12.4. The van der Waals surface area contributed by atoms with E-state index in [2.05, 4.69) is 0 Å². The van der Waals surface area contributed by atoms with Crippen LogP contribution in [0.4, 0.5) is 0 Å². The zero-order valence-corrected chi connectivity index (χ0v) is 10.7. The molecule has 1 N–H and O–H groups in total. The van der Waals surface area contributed by atoms with Crippen LogP contribution in [0.15, 0.2) is 42.5 Å². The molecule has 2 aromatic rings. The summed E-state index contributed by atoms with van der Waals surface area (Å²) in [4.78, 5) is 0. The van der Waals surface area contributed by atoms with E-state index in [1.165, 1.54) is 0 Å². The lowest BCUT2D eigenvalue weighted by Crippen LogP contribution is -2.03. The van der Waals surface area contributed by atoms with Gasteiger partial charge in [0.25, 0.3) is 0 Å². The van der Waals surface area contributed by atoms with Crippen LogP contribution in [0.1, 0.15) is 28.4 Å². The lowest BCUT2D eigenvalue weighted by molar-refractivity contribution is 0.219. The lowest BCUT2D eigenvalue weighted by atomic mass is 9.96. The monoisotopic (exact) mass is 246 g/mol. The maximum atomic E-state index is 10.4. The van der Waals surface area contributed by atoms with Crippen molar-refractivity contribution in [3.63, 3.8) is 0 Å². The smallest absolute Gasteiger partial charge is 0.106 e. The first-order chi connectivity index (χ1) is 8.11. The van der Waals surface area contributed by atoms with Crippen molar-refractivity contribution in [3.05, 3.63) is 69.7 Å². The number of halogens is 1. The van der Waals surface area contributed by atoms with Crippen LogP contribution in [0.2, 0.25) is 5.02 Å². The normalized spacial score (nSPS) is 12.5. The molecule has 0 aromatic heterocycles. The standard InChI is InChI=1S/C15H15ClO/c1-10-6-3-4-8-12(10)15(17)13-9-5-7-11(2)14(13)16/h3-9,15,17H,1-2H3. The Bertz CT molecular complexity index is 534. The van der Waals surface area contributed by atoms with E-state index in [1.807, 2.05) is 56.3 Å². The van der Waals surface area contributed by atoms with Gasteiger partial charge in [-0.1, -0.05) is 54.1 Å². The van der Waals surface area contributed by atoms with Crippen LogP contribution in [-0.4, -0.2) is 5.11 Å². The highest BCUT2D eigenvalue weighted by Gasteiger charge is 2.16. The molecule has 0 aliphatic carbocycles. The Morgan fingerprint density at radius 1 is 0.882 bits per heavy atom. The van der Waals surface area contributed by atoms with Gasteiger partial charge >= 0.3 is 0 Å². The van der Waals surface area contributed by atoms with Crippen LogP contribution in [-0.2, 0) is 0 Å². The Hall–Kier alpha value is -1.31. The number of hydrogen-bond donors (Lipinski definition) is 1. The van der Waals surface area contributed by atoms with Crippen LogP contribution < -0.4 is 0 Å². The average molecular weight is 247 g/mol. The van der Waals surface area contributed by atoms with Gasteiger partial charge in [0.15, 0.2) is 0 Å². The van der Waals surface area contributed by atoms with E-state index >= 15 is 0 Å². The highest BCUT2D eigenvalue weighted by molar-refractivity contribution is 6.32. The largest absolute Gasteiger partial charge is 0.384 e. The minimum absolute atomic E-state index is 0.642. The minimum Gasteiger partial charge on any atom is -0.384 e. The van der Waals surface area contributed by atoms with Gasteiger partial charge in [0.05, 0.1) is 0 Å². The Labute approximate surface area is 107 Å². The molecule has 0 bridgehead atoms. The van der Waals surface area contributed by atoms with Crippen molar-refractivity contribution in [3.8, 4) is 0 Å². The molecular formula is C15H15ClO. The summed E-state index contributed by atoms with van der Waals surface area (Å²) in [5.74, 6) is 0. The van der Waals surface area contributed by atoms with Gasteiger partial charge in [-0.15, -0.1) is 0 Å². The van der Waals surface area contributed by atoms with Crippen LogP contribution in [0.25, 0.3) is 0 Å². The number of rotatable bonds is 2. The molecule has 0 saturated carbocycles. The number of benzene rings is 2. The molecule has 2 rings (SSSR count). The predicted octanol–water partition coefficient (Wildman–Crippen LogP) is 4.04. The van der Waals surface area contributed by atoms with Crippen molar-refractivity contribution in [2.75, 3.05) is 0 Å². The Morgan fingerprint density at radius 3 is 2.18 bits per heavy atom. The highest BCUT2D eigenvalue weighted by atomic mass is 35.5. The Morgan fingerprint density at radius 2 is 1.47 bits per heavy atom. The minimum atomic E-state index is -0.663. The molecule has 0 saturated heterocycles. The third kappa shape index (κ3) is 2.36. The summed E-state index contributed by atoms with van der Waals surface area (Å²) in [6.07, 6.45) is -0.663. The topological polar surface area (TPSA) is 20.2 Å².